The summed E-state index contributed by atoms with van der Waals surface area (Å²) in [6.07, 6.45) is 2.50. The van der Waals surface area contributed by atoms with Gasteiger partial charge in [0, 0.05) is 18.4 Å². The van der Waals surface area contributed by atoms with Gasteiger partial charge in [0.15, 0.2) is 0 Å². The third-order valence-electron chi connectivity index (χ3n) is 3.37. The molecule has 20 heavy (non-hydrogen) atoms. The quantitative estimate of drug-likeness (QED) is 0.840. The number of carbonyl (C=O) groups is 1. The summed E-state index contributed by atoms with van der Waals surface area (Å²) in [5.74, 6) is -0.809. The maximum Gasteiger partial charge on any atom is 0.417 e. The Morgan fingerprint density at radius 3 is 2.60 bits per heavy atom. The Kier molecular flexibility index (Phi) is 4.59. The molecule has 2 rings (SSSR count). The van der Waals surface area contributed by atoms with E-state index in [0.717, 1.165) is 50.6 Å². The highest BCUT2D eigenvalue weighted by molar-refractivity contribution is 5.95. The molecule has 4 nitrogen and oxygen atoms in total. The largest absolute Gasteiger partial charge is 0.417 e. The summed E-state index contributed by atoms with van der Waals surface area (Å²) in [7, 11) is 0. The molecular formula is C13H16F3N3O. The van der Waals surface area contributed by atoms with Crippen LogP contribution in [0.1, 0.15) is 48.0 Å². The molecule has 0 unspecified atom stereocenters. The van der Waals surface area contributed by atoms with Crippen LogP contribution in [0.25, 0.3) is 0 Å². The van der Waals surface area contributed by atoms with Crippen molar-refractivity contribution in [3.05, 3.63) is 29.6 Å². The molecule has 7 heteroatoms. The summed E-state index contributed by atoms with van der Waals surface area (Å²) in [6, 6.07) is 0.925. The van der Waals surface area contributed by atoms with E-state index >= 15 is 0 Å². The van der Waals surface area contributed by atoms with E-state index in [1.807, 2.05) is 0 Å². The second kappa shape index (κ2) is 6.21. The number of rotatable bonds is 3. The molecule has 1 aromatic heterocycles. The van der Waals surface area contributed by atoms with Gasteiger partial charge in [0.05, 0.1) is 11.1 Å². The number of pyridine rings is 1. The maximum absolute atomic E-state index is 12.8. The molecule has 0 radical (unpaired) electrons. The molecule has 1 fully saturated rings. The van der Waals surface area contributed by atoms with Gasteiger partial charge in [-0.25, -0.2) is 5.43 Å². The minimum absolute atomic E-state index is 0.124. The summed E-state index contributed by atoms with van der Waals surface area (Å²) in [5, 5.41) is 0. The Labute approximate surface area is 114 Å². The maximum atomic E-state index is 12.8. The first-order chi connectivity index (χ1) is 9.48. The summed E-state index contributed by atoms with van der Waals surface area (Å²) >= 11 is 0. The van der Waals surface area contributed by atoms with Crippen LogP contribution in [0, 0.1) is 0 Å². The first-order valence-corrected chi connectivity index (χ1v) is 6.55. The molecule has 0 spiro atoms. The van der Waals surface area contributed by atoms with Crippen molar-refractivity contribution in [1.82, 2.24) is 15.8 Å². The van der Waals surface area contributed by atoms with Crippen LogP contribution in [-0.2, 0) is 6.18 Å². The molecule has 1 aromatic rings. The van der Waals surface area contributed by atoms with E-state index in [-0.39, 0.29) is 6.04 Å². The van der Waals surface area contributed by atoms with Crippen LogP contribution < -0.4 is 10.9 Å². The van der Waals surface area contributed by atoms with E-state index in [1.54, 1.807) is 0 Å². The van der Waals surface area contributed by atoms with Gasteiger partial charge < -0.3 is 0 Å². The van der Waals surface area contributed by atoms with Crippen LogP contribution in [0.15, 0.2) is 18.5 Å². The number of nitrogens with zero attached hydrogens (tertiary/aromatic N) is 1. The number of halogens is 3. The van der Waals surface area contributed by atoms with E-state index in [0.29, 0.717) is 0 Å². The molecule has 1 saturated carbocycles. The van der Waals surface area contributed by atoms with Crippen molar-refractivity contribution in [3.8, 4) is 0 Å². The number of hydrazine groups is 1. The Bertz CT molecular complexity index is 470. The van der Waals surface area contributed by atoms with E-state index in [9.17, 15) is 18.0 Å². The molecular weight excluding hydrogens is 271 g/mol. The molecule has 0 atom stereocenters. The van der Waals surface area contributed by atoms with Crippen LogP contribution >= 0.6 is 0 Å². The zero-order valence-corrected chi connectivity index (χ0v) is 10.8. The summed E-state index contributed by atoms with van der Waals surface area (Å²) < 4.78 is 38.3. The molecule has 2 N–H and O–H groups in total. The van der Waals surface area contributed by atoms with Crippen molar-refractivity contribution in [2.24, 2.45) is 0 Å². The second-order valence-electron chi connectivity index (χ2n) is 4.85. The molecule has 1 amide bonds. The van der Waals surface area contributed by atoms with Gasteiger partial charge in [-0.2, -0.15) is 13.2 Å². The van der Waals surface area contributed by atoms with E-state index in [2.05, 4.69) is 15.8 Å². The van der Waals surface area contributed by atoms with Crippen LogP contribution in [0.4, 0.5) is 13.2 Å². The first kappa shape index (κ1) is 14.8. The Morgan fingerprint density at radius 1 is 1.25 bits per heavy atom. The third kappa shape index (κ3) is 3.69. The first-order valence-electron chi connectivity index (χ1n) is 6.55. The normalized spacial score (nSPS) is 16.9. The fourth-order valence-corrected chi connectivity index (χ4v) is 2.30. The fraction of sp³-hybridized carbons (Fsp3) is 0.538. The van der Waals surface area contributed by atoms with E-state index < -0.39 is 23.2 Å². The van der Waals surface area contributed by atoms with Gasteiger partial charge in [-0.15, -0.1) is 0 Å². The smallest absolute Gasteiger partial charge is 0.287 e. The van der Waals surface area contributed by atoms with Gasteiger partial charge in [0.25, 0.3) is 5.91 Å². The highest BCUT2D eigenvalue weighted by Crippen LogP contribution is 2.31. The monoisotopic (exact) mass is 287 g/mol. The molecule has 110 valence electrons. The van der Waals surface area contributed by atoms with Gasteiger partial charge >= 0.3 is 6.18 Å². The number of carbonyl (C=O) groups excluding carboxylic acids is 1. The minimum Gasteiger partial charge on any atom is -0.287 e. The Balaban J connectivity index is 2.02. The van der Waals surface area contributed by atoms with Crippen molar-refractivity contribution in [1.29, 1.82) is 0 Å². The van der Waals surface area contributed by atoms with Crippen LogP contribution in [-0.4, -0.2) is 16.9 Å². The van der Waals surface area contributed by atoms with Crippen molar-refractivity contribution in [2.45, 2.75) is 44.3 Å². The number of hydrogen-bond acceptors (Lipinski definition) is 3. The molecule has 0 bridgehead atoms. The highest BCUT2D eigenvalue weighted by Gasteiger charge is 2.35. The lowest BCUT2D eigenvalue weighted by atomic mass is 9.96. The standard InChI is InChI=1S/C13H16F3N3O/c14-13(15,16)11-6-7-17-8-10(11)12(20)19-18-9-4-2-1-3-5-9/h6-9,18H,1-5H2,(H,19,20). The van der Waals surface area contributed by atoms with Crippen LogP contribution in [0.5, 0.6) is 0 Å². The number of aromatic nitrogens is 1. The summed E-state index contributed by atoms with van der Waals surface area (Å²) in [5.41, 5.74) is 3.71. The van der Waals surface area contributed by atoms with Gasteiger partial charge in [-0.05, 0) is 18.9 Å². The number of amides is 1. The number of hydrogen-bond donors (Lipinski definition) is 2. The molecule has 0 aromatic carbocycles. The lowest BCUT2D eigenvalue weighted by Crippen LogP contribution is -2.45. The van der Waals surface area contributed by atoms with Gasteiger partial charge in [0.2, 0.25) is 0 Å². The molecule has 0 aliphatic heterocycles. The zero-order valence-electron chi connectivity index (χ0n) is 10.8. The predicted molar refractivity (Wildman–Crippen MR) is 66.7 cm³/mol. The number of nitrogens with one attached hydrogen (secondary N) is 2. The van der Waals surface area contributed by atoms with Crippen molar-refractivity contribution < 1.29 is 18.0 Å². The lowest BCUT2D eigenvalue weighted by molar-refractivity contribution is -0.138. The fourth-order valence-electron chi connectivity index (χ4n) is 2.30. The predicted octanol–water partition coefficient (Wildman–Crippen LogP) is 2.67. The average Bonchev–Trinajstić information content (AvgIpc) is 2.45. The SMILES string of the molecule is O=C(NNC1CCCCC1)c1cnccc1C(F)(F)F. The second-order valence-corrected chi connectivity index (χ2v) is 4.85. The lowest BCUT2D eigenvalue weighted by Gasteiger charge is -2.23. The topological polar surface area (TPSA) is 54.0 Å². The van der Waals surface area contributed by atoms with E-state index in [1.165, 1.54) is 0 Å². The van der Waals surface area contributed by atoms with Crippen molar-refractivity contribution in [3.63, 3.8) is 0 Å². The van der Waals surface area contributed by atoms with E-state index in [4.69, 9.17) is 0 Å². The van der Waals surface area contributed by atoms with Crippen LogP contribution in [0.2, 0.25) is 0 Å². The molecule has 0 saturated heterocycles. The molecule has 1 aliphatic carbocycles. The summed E-state index contributed by atoms with van der Waals surface area (Å²) in [6.45, 7) is 0. The Hall–Kier alpha value is -1.63. The third-order valence-corrected chi connectivity index (χ3v) is 3.37. The highest BCUT2D eigenvalue weighted by atomic mass is 19.4. The van der Waals surface area contributed by atoms with Gasteiger partial charge in [0.1, 0.15) is 0 Å². The number of alkyl halides is 3. The molecule has 1 aliphatic rings. The summed E-state index contributed by atoms with van der Waals surface area (Å²) in [4.78, 5) is 15.4. The Morgan fingerprint density at radius 2 is 1.95 bits per heavy atom. The van der Waals surface area contributed by atoms with Crippen LogP contribution in [0.3, 0.4) is 0 Å². The van der Waals surface area contributed by atoms with Gasteiger partial charge in [-0.1, -0.05) is 19.3 Å². The minimum atomic E-state index is -4.57. The van der Waals surface area contributed by atoms with Crippen molar-refractivity contribution >= 4 is 5.91 Å². The average molecular weight is 287 g/mol. The zero-order chi connectivity index (χ0) is 14.6. The van der Waals surface area contributed by atoms with Gasteiger partial charge in [-0.3, -0.25) is 15.2 Å². The van der Waals surface area contributed by atoms with Crippen molar-refractivity contribution in [2.75, 3.05) is 0 Å². The molecule has 1 heterocycles.